The highest BCUT2D eigenvalue weighted by Gasteiger charge is 2.20. The molecule has 0 amide bonds. The van der Waals surface area contributed by atoms with Crippen LogP contribution in [0.2, 0.25) is 5.02 Å². The number of anilines is 1. The fourth-order valence-corrected chi connectivity index (χ4v) is 3.54. The molecule has 1 aliphatic heterocycles. The molecule has 1 aromatic heterocycles. The molecule has 8 heteroatoms. The summed E-state index contributed by atoms with van der Waals surface area (Å²) in [5.74, 6) is 1.31. The maximum atomic E-state index is 6.26. The fraction of sp³-hybridized carbons (Fsp3) is 0.474. The molecule has 7 nitrogen and oxygen atoms in total. The Hall–Kier alpha value is -2.41. The van der Waals surface area contributed by atoms with Gasteiger partial charge in [0.2, 0.25) is 5.88 Å². The number of rotatable bonds is 5. The van der Waals surface area contributed by atoms with E-state index in [-0.39, 0.29) is 0 Å². The van der Waals surface area contributed by atoms with Crippen LogP contribution in [-0.2, 0) is 20.0 Å². The molecular weight excluding hydrogens is 364 g/mol. The minimum absolute atomic E-state index is 0.476. The van der Waals surface area contributed by atoms with Gasteiger partial charge in [-0.25, -0.2) is 9.67 Å². The highest BCUT2D eigenvalue weighted by Crippen LogP contribution is 2.23. The molecule has 1 aromatic carbocycles. The molecule has 146 valence electrons. The Balaban J connectivity index is 1.62. The summed E-state index contributed by atoms with van der Waals surface area (Å²) in [6, 6.07) is 7.95. The zero-order valence-corrected chi connectivity index (χ0v) is 16.9. The summed E-state index contributed by atoms with van der Waals surface area (Å²) in [5.41, 5.74) is 9.45. The summed E-state index contributed by atoms with van der Waals surface area (Å²) >= 11 is 5.97. The summed E-state index contributed by atoms with van der Waals surface area (Å²) in [5, 5.41) is 5.25. The van der Waals surface area contributed by atoms with Crippen molar-refractivity contribution >= 4 is 23.2 Å². The molecule has 27 heavy (non-hydrogen) atoms. The van der Waals surface area contributed by atoms with E-state index in [1.54, 1.807) is 11.8 Å². The second kappa shape index (κ2) is 8.52. The smallest absolute Gasteiger partial charge is 0.216 e. The van der Waals surface area contributed by atoms with Crippen molar-refractivity contribution in [2.45, 2.75) is 19.9 Å². The lowest BCUT2D eigenvalue weighted by Crippen LogP contribution is -2.51. The van der Waals surface area contributed by atoms with Gasteiger partial charge in [-0.15, -0.1) is 0 Å². The largest absolute Gasteiger partial charge is 0.481 e. The first-order valence-electron chi connectivity index (χ1n) is 9.17. The van der Waals surface area contributed by atoms with Gasteiger partial charge >= 0.3 is 0 Å². The Bertz CT molecular complexity index is 793. The lowest BCUT2D eigenvalue weighted by Gasteiger charge is -2.36. The van der Waals surface area contributed by atoms with Gasteiger partial charge < -0.3 is 20.3 Å². The van der Waals surface area contributed by atoms with E-state index in [9.17, 15) is 0 Å². The van der Waals surface area contributed by atoms with Crippen molar-refractivity contribution in [1.82, 2.24) is 14.7 Å². The number of aliphatic imine (C=N–C) groups is 1. The van der Waals surface area contributed by atoms with Gasteiger partial charge in [0.05, 0.1) is 24.9 Å². The van der Waals surface area contributed by atoms with Gasteiger partial charge in [-0.3, -0.25) is 0 Å². The van der Waals surface area contributed by atoms with Crippen LogP contribution in [0.3, 0.4) is 0 Å². The molecule has 0 atom stereocenters. The van der Waals surface area contributed by atoms with Gasteiger partial charge in [-0.05, 0) is 30.7 Å². The molecule has 2 N–H and O–H groups in total. The fourth-order valence-electron chi connectivity index (χ4n) is 3.41. The first kappa shape index (κ1) is 19.4. The third-order valence-corrected chi connectivity index (χ3v) is 5.15. The number of ether oxygens (including phenoxy) is 1. The summed E-state index contributed by atoms with van der Waals surface area (Å²) < 4.78 is 7.22. The van der Waals surface area contributed by atoms with Crippen LogP contribution in [0.15, 0.2) is 29.3 Å². The normalized spacial score (nSPS) is 15.3. The maximum Gasteiger partial charge on any atom is 0.216 e. The molecule has 0 aliphatic carbocycles. The van der Waals surface area contributed by atoms with Gasteiger partial charge in [0.1, 0.15) is 0 Å². The molecule has 0 radical (unpaired) electrons. The molecule has 0 spiro atoms. The number of methoxy groups -OCH3 is 1. The second-order valence-corrected chi connectivity index (χ2v) is 6.97. The van der Waals surface area contributed by atoms with Gasteiger partial charge in [-0.1, -0.05) is 18.5 Å². The summed E-state index contributed by atoms with van der Waals surface area (Å²) in [6.07, 6.45) is 0.835. The lowest BCUT2D eigenvalue weighted by atomic mass is 10.2. The van der Waals surface area contributed by atoms with Crippen LogP contribution in [0.25, 0.3) is 0 Å². The number of nitrogens with zero attached hydrogens (tertiary/aromatic N) is 5. The van der Waals surface area contributed by atoms with Crippen LogP contribution < -0.4 is 15.4 Å². The van der Waals surface area contributed by atoms with E-state index in [0.29, 0.717) is 12.5 Å². The molecule has 1 fully saturated rings. The maximum absolute atomic E-state index is 6.26. The molecule has 2 heterocycles. The highest BCUT2D eigenvalue weighted by molar-refractivity contribution is 6.30. The zero-order chi connectivity index (χ0) is 19.4. The number of piperazine rings is 1. The third-order valence-electron chi connectivity index (χ3n) is 4.89. The number of aryl methyl sites for hydroxylation is 2. The topological polar surface area (TPSA) is 71.9 Å². The van der Waals surface area contributed by atoms with Crippen molar-refractivity contribution in [2.75, 3.05) is 38.2 Å². The quantitative estimate of drug-likeness (QED) is 0.626. The van der Waals surface area contributed by atoms with Crippen molar-refractivity contribution < 1.29 is 4.74 Å². The first-order valence-corrected chi connectivity index (χ1v) is 9.55. The Morgan fingerprint density at radius 1 is 1.22 bits per heavy atom. The number of aromatic nitrogens is 2. The van der Waals surface area contributed by atoms with Crippen molar-refractivity contribution in [2.24, 2.45) is 17.8 Å². The van der Waals surface area contributed by atoms with Crippen LogP contribution in [0, 0.1) is 0 Å². The van der Waals surface area contributed by atoms with Gasteiger partial charge in [0.15, 0.2) is 5.96 Å². The predicted molar refractivity (Wildman–Crippen MR) is 110 cm³/mol. The number of benzene rings is 1. The summed E-state index contributed by atoms with van der Waals surface area (Å²) in [7, 11) is 3.54. The SMILES string of the molecule is CCc1nn(C)c(OC)c1CN=C(N)N1CCN(c2ccc(Cl)cc2)CC1. The molecular formula is C19H27ClN6O. The van der Waals surface area contributed by atoms with E-state index in [2.05, 4.69) is 38.9 Å². The molecule has 2 aromatic rings. The van der Waals surface area contributed by atoms with E-state index in [1.165, 1.54) is 5.69 Å². The van der Waals surface area contributed by atoms with Crippen LogP contribution in [0.4, 0.5) is 5.69 Å². The number of guanidine groups is 1. The number of hydrogen-bond acceptors (Lipinski definition) is 4. The van der Waals surface area contributed by atoms with E-state index in [0.717, 1.165) is 54.8 Å². The average Bonchev–Trinajstić information content (AvgIpc) is 3.01. The van der Waals surface area contributed by atoms with Crippen LogP contribution in [-0.4, -0.2) is 53.9 Å². The average molecular weight is 391 g/mol. The van der Waals surface area contributed by atoms with E-state index in [4.69, 9.17) is 22.1 Å². The monoisotopic (exact) mass is 390 g/mol. The van der Waals surface area contributed by atoms with Crippen molar-refractivity contribution in [1.29, 1.82) is 0 Å². The Morgan fingerprint density at radius 2 is 1.89 bits per heavy atom. The van der Waals surface area contributed by atoms with E-state index in [1.807, 2.05) is 19.2 Å². The third kappa shape index (κ3) is 4.30. The minimum atomic E-state index is 0.476. The van der Waals surface area contributed by atoms with E-state index < -0.39 is 0 Å². The molecule has 0 unspecified atom stereocenters. The molecule has 1 aliphatic rings. The highest BCUT2D eigenvalue weighted by atomic mass is 35.5. The Morgan fingerprint density at radius 3 is 2.48 bits per heavy atom. The summed E-state index contributed by atoms with van der Waals surface area (Å²) in [6.45, 7) is 6.02. The van der Waals surface area contributed by atoms with E-state index >= 15 is 0 Å². The van der Waals surface area contributed by atoms with Gasteiger partial charge in [-0.2, -0.15) is 5.10 Å². The van der Waals surface area contributed by atoms with Crippen molar-refractivity contribution in [3.05, 3.63) is 40.5 Å². The zero-order valence-electron chi connectivity index (χ0n) is 16.2. The van der Waals surface area contributed by atoms with Crippen LogP contribution in [0.5, 0.6) is 5.88 Å². The number of halogens is 1. The minimum Gasteiger partial charge on any atom is -0.481 e. The van der Waals surface area contributed by atoms with Crippen LogP contribution in [0.1, 0.15) is 18.2 Å². The molecule has 0 bridgehead atoms. The molecule has 0 saturated carbocycles. The second-order valence-electron chi connectivity index (χ2n) is 6.54. The van der Waals surface area contributed by atoms with Gasteiger partial charge in [0.25, 0.3) is 0 Å². The number of nitrogens with two attached hydrogens (primary N) is 1. The molecule has 3 rings (SSSR count). The molecule has 1 saturated heterocycles. The summed E-state index contributed by atoms with van der Waals surface area (Å²) in [4.78, 5) is 9.07. The lowest BCUT2D eigenvalue weighted by molar-refractivity contribution is 0.368. The van der Waals surface area contributed by atoms with Crippen LogP contribution >= 0.6 is 11.6 Å². The van der Waals surface area contributed by atoms with Crippen molar-refractivity contribution in [3.8, 4) is 5.88 Å². The first-order chi connectivity index (χ1) is 13.0. The standard InChI is InChI=1S/C19H27ClN6O/c1-4-17-16(18(27-3)24(2)23-17)13-22-19(21)26-11-9-25(10-12-26)15-7-5-14(20)6-8-15/h5-8H,4,9-13H2,1-3H3,(H2,21,22). The number of hydrogen-bond donors (Lipinski definition) is 1. The Kier molecular flexibility index (Phi) is 6.11. The van der Waals surface area contributed by atoms with Gasteiger partial charge in [0, 0.05) is 43.9 Å². The van der Waals surface area contributed by atoms with Crippen molar-refractivity contribution in [3.63, 3.8) is 0 Å². The Labute approximate surface area is 165 Å². The predicted octanol–water partition coefficient (Wildman–Crippen LogP) is 2.28.